The Morgan fingerprint density at radius 3 is 2.31 bits per heavy atom. The molecule has 1 heterocycles. The molecule has 0 aliphatic carbocycles. The molecule has 7 nitrogen and oxygen atoms in total. The van der Waals surface area contributed by atoms with Crippen LogP contribution in [0.4, 0.5) is 0 Å². The van der Waals surface area contributed by atoms with Gasteiger partial charge in [-0.05, 0) is 42.9 Å². The molecular weight excluding hydrogens is 428 g/mol. The molecule has 1 aliphatic heterocycles. The van der Waals surface area contributed by atoms with Gasteiger partial charge in [-0.3, -0.25) is 4.79 Å². The van der Waals surface area contributed by atoms with Crippen molar-refractivity contribution in [3.8, 4) is 11.5 Å². The molecule has 1 fully saturated rings. The zero-order chi connectivity index (χ0) is 23.1. The van der Waals surface area contributed by atoms with Crippen LogP contribution in [0, 0.1) is 5.92 Å². The highest BCUT2D eigenvalue weighted by Gasteiger charge is 2.30. The SMILES string of the molecule is COc1ccc(S(=O)(=O)N(CCc2ccccc2)CC(=O)N2CCC(C)CC2)cc1OC. The molecule has 8 heteroatoms. The average Bonchev–Trinajstić information content (AvgIpc) is 2.82. The van der Waals surface area contributed by atoms with Crippen molar-refractivity contribution in [2.45, 2.75) is 31.1 Å². The van der Waals surface area contributed by atoms with Crippen LogP contribution in [0.15, 0.2) is 53.4 Å². The van der Waals surface area contributed by atoms with E-state index in [1.54, 1.807) is 11.0 Å². The number of rotatable bonds is 9. The molecule has 0 aromatic heterocycles. The van der Waals surface area contributed by atoms with Crippen molar-refractivity contribution >= 4 is 15.9 Å². The van der Waals surface area contributed by atoms with Crippen LogP contribution in [0.3, 0.4) is 0 Å². The minimum atomic E-state index is -3.92. The Kier molecular flexibility index (Phi) is 8.15. The number of nitrogens with zero attached hydrogens (tertiary/aromatic N) is 2. The van der Waals surface area contributed by atoms with Gasteiger partial charge in [-0.25, -0.2) is 8.42 Å². The molecule has 1 aliphatic rings. The van der Waals surface area contributed by atoms with E-state index in [4.69, 9.17) is 9.47 Å². The molecule has 3 rings (SSSR count). The zero-order valence-electron chi connectivity index (χ0n) is 19.0. The minimum Gasteiger partial charge on any atom is -0.493 e. The molecule has 0 saturated carbocycles. The van der Waals surface area contributed by atoms with Gasteiger partial charge in [0.1, 0.15) is 0 Å². The number of hydrogen-bond acceptors (Lipinski definition) is 5. The lowest BCUT2D eigenvalue weighted by Crippen LogP contribution is -2.46. The van der Waals surface area contributed by atoms with Gasteiger partial charge in [-0.1, -0.05) is 37.3 Å². The van der Waals surface area contributed by atoms with Gasteiger partial charge in [-0.15, -0.1) is 0 Å². The van der Waals surface area contributed by atoms with Gasteiger partial charge in [0.05, 0.1) is 25.7 Å². The topological polar surface area (TPSA) is 76.2 Å². The van der Waals surface area contributed by atoms with Crippen molar-refractivity contribution in [3.63, 3.8) is 0 Å². The van der Waals surface area contributed by atoms with Crippen molar-refractivity contribution in [1.29, 1.82) is 0 Å². The second kappa shape index (κ2) is 10.8. The first-order valence-corrected chi connectivity index (χ1v) is 12.3. The van der Waals surface area contributed by atoms with Crippen molar-refractivity contribution in [2.24, 2.45) is 5.92 Å². The Morgan fingerprint density at radius 1 is 1.03 bits per heavy atom. The highest BCUT2D eigenvalue weighted by Crippen LogP contribution is 2.31. The Morgan fingerprint density at radius 2 is 1.69 bits per heavy atom. The monoisotopic (exact) mass is 460 g/mol. The maximum absolute atomic E-state index is 13.6. The Labute approximate surface area is 191 Å². The molecule has 0 N–H and O–H groups in total. The summed E-state index contributed by atoms with van der Waals surface area (Å²) < 4.78 is 38.9. The standard InChI is InChI=1S/C24H32N2O5S/c1-19-11-14-25(15-12-19)24(27)18-26(16-13-20-7-5-4-6-8-20)32(28,29)21-9-10-22(30-2)23(17-21)31-3/h4-10,17,19H,11-16,18H2,1-3H3. The van der Waals surface area contributed by atoms with Gasteiger partial charge in [0.25, 0.3) is 0 Å². The Hall–Kier alpha value is -2.58. The van der Waals surface area contributed by atoms with Gasteiger partial charge >= 0.3 is 0 Å². The summed E-state index contributed by atoms with van der Waals surface area (Å²) in [5.74, 6) is 1.20. The van der Waals surface area contributed by atoms with E-state index in [9.17, 15) is 13.2 Å². The molecule has 2 aromatic carbocycles. The van der Waals surface area contributed by atoms with Crippen molar-refractivity contribution in [1.82, 2.24) is 9.21 Å². The summed E-state index contributed by atoms with van der Waals surface area (Å²) in [5, 5.41) is 0. The first kappa shape index (κ1) is 24.1. The van der Waals surface area contributed by atoms with Gasteiger partial charge in [0.15, 0.2) is 11.5 Å². The second-order valence-electron chi connectivity index (χ2n) is 8.15. The quantitative estimate of drug-likeness (QED) is 0.574. The van der Waals surface area contributed by atoms with Crippen LogP contribution in [0.1, 0.15) is 25.3 Å². The Bertz CT molecular complexity index is 1000. The first-order valence-electron chi connectivity index (χ1n) is 10.9. The molecule has 2 aromatic rings. The van der Waals surface area contributed by atoms with E-state index in [2.05, 4.69) is 6.92 Å². The van der Waals surface area contributed by atoms with Crippen LogP contribution in [-0.2, 0) is 21.2 Å². The van der Waals surface area contributed by atoms with Crippen LogP contribution in [0.2, 0.25) is 0 Å². The third kappa shape index (κ3) is 5.81. The number of ether oxygens (including phenoxy) is 2. The number of hydrogen-bond donors (Lipinski definition) is 0. The largest absolute Gasteiger partial charge is 0.493 e. The number of sulfonamides is 1. The normalized spacial score (nSPS) is 15.1. The fourth-order valence-corrected chi connectivity index (χ4v) is 5.22. The van der Waals surface area contributed by atoms with E-state index >= 15 is 0 Å². The molecular formula is C24H32N2O5S. The maximum atomic E-state index is 13.6. The Balaban J connectivity index is 1.85. The molecule has 32 heavy (non-hydrogen) atoms. The number of methoxy groups -OCH3 is 2. The number of carbonyl (C=O) groups excluding carboxylic acids is 1. The first-order chi connectivity index (χ1) is 15.3. The van der Waals surface area contributed by atoms with Gasteiger partial charge < -0.3 is 14.4 Å². The molecule has 1 saturated heterocycles. The van der Waals surface area contributed by atoms with Crippen molar-refractivity contribution in [3.05, 3.63) is 54.1 Å². The van der Waals surface area contributed by atoms with Crippen LogP contribution >= 0.6 is 0 Å². The highest BCUT2D eigenvalue weighted by atomic mass is 32.2. The van der Waals surface area contributed by atoms with E-state index in [-0.39, 0.29) is 23.9 Å². The summed E-state index contributed by atoms with van der Waals surface area (Å²) in [4.78, 5) is 14.9. The lowest BCUT2D eigenvalue weighted by atomic mass is 9.99. The summed E-state index contributed by atoms with van der Waals surface area (Å²) in [7, 11) is -0.966. The summed E-state index contributed by atoms with van der Waals surface area (Å²) in [6, 6.07) is 14.2. The van der Waals surface area contributed by atoms with E-state index in [0.29, 0.717) is 36.9 Å². The highest BCUT2D eigenvalue weighted by molar-refractivity contribution is 7.89. The fraction of sp³-hybridized carbons (Fsp3) is 0.458. The molecule has 1 amide bonds. The number of carbonyl (C=O) groups is 1. The number of piperidine rings is 1. The molecule has 0 atom stereocenters. The predicted molar refractivity (Wildman–Crippen MR) is 123 cm³/mol. The number of benzene rings is 2. The van der Waals surface area contributed by atoms with Crippen LogP contribution in [-0.4, -0.2) is 63.9 Å². The molecule has 0 radical (unpaired) electrons. The van der Waals surface area contributed by atoms with E-state index in [1.165, 1.54) is 30.7 Å². The van der Waals surface area contributed by atoms with E-state index < -0.39 is 10.0 Å². The van der Waals surface area contributed by atoms with E-state index in [0.717, 1.165) is 18.4 Å². The van der Waals surface area contributed by atoms with Gasteiger partial charge in [-0.2, -0.15) is 4.31 Å². The number of amides is 1. The van der Waals surface area contributed by atoms with Crippen molar-refractivity contribution in [2.75, 3.05) is 40.4 Å². The molecule has 0 spiro atoms. The van der Waals surface area contributed by atoms with Gasteiger partial charge in [0, 0.05) is 25.7 Å². The second-order valence-corrected chi connectivity index (χ2v) is 10.1. The fourth-order valence-electron chi connectivity index (χ4n) is 3.82. The summed E-state index contributed by atoms with van der Waals surface area (Å²) in [6.45, 7) is 3.54. The lowest BCUT2D eigenvalue weighted by Gasteiger charge is -2.32. The predicted octanol–water partition coefficient (Wildman–Crippen LogP) is 3.20. The summed E-state index contributed by atoms with van der Waals surface area (Å²) in [6.07, 6.45) is 2.40. The number of likely N-dealkylation sites (tertiary alicyclic amines) is 1. The third-order valence-electron chi connectivity index (χ3n) is 5.93. The van der Waals surface area contributed by atoms with Crippen LogP contribution < -0.4 is 9.47 Å². The minimum absolute atomic E-state index is 0.0725. The third-order valence-corrected chi connectivity index (χ3v) is 7.77. The molecule has 174 valence electrons. The lowest BCUT2D eigenvalue weighted by molar-refractivity contribution is -0.132. The average molecular weight is 461 g/mol. The van der Waals surface area contributed by atoms with Crippen LogP contribution in [0.5, 0.6) is 11.5 Å². The maximum Gasteiger partial charge on any atom is 0.243 e. The molecule has 0 bridgehead atoms. The van der Waals surface area contributed by atoms with Crippen LogP contribution in [0.25, 0.3) is 0 Å². The molecule has 0 unspecified atom stereocenters. The van der Waals surface area contributed by atoms with E-state index in [1.807, 2.05) is 30.3 Å². The van der Waals surface area contributed by atoms with Gasteiger partial charge in [0.2, 0.25) is 15.9 Å². The smallest absolute Gasteiger partial charge is 0.243 e. The zero-order valence-corrected chi connectivity index (χ0v) is 19.8. The summed E-state index contributed by atoms with van der Waals surface area (Å²) >= 11 is 0. The summed E-state index contributed by atoms with van der Waals surface area (Å²) in [5.41, 5.74) is 1.01. The van der Waals surface area contributed by atoms with Crippen molar-refractivity contribution < 1.29 is 22.7 Å².